The Morgan fingerprint density at radius 2 is 1.96 bits per heavy atom. The Morgan fingerprint density at radius 1 is 1.29 bits per heavy atom. The van der Waals surface area contributed by atoms with Gasteiger partial charge in [-0.05, 0) is 53.1 Å². The lowest BCUT2D eigenvalue weighted by Crippen LogP contribution is -2.36. The number of carbonyl (C=O) groups excluding carboxylic acids is 1. The number of ether oxygens (including phenoxy) is 2. The van der Waals surface area contributed by atoms with Gasteiger partial charge in [-0.2, -0.15) is 0 Å². The molecule has 8 nitrogen and oxygen atoms in total. The molecule has 1 aromatic heterocycles. The Hall–Kier alpha value is -1.87. The zero-order chi connectivity index (χ0) is 17.3. The maximum atomic E-state index is 12.0. The first-order valence-electron chi connectivity index (χ1n) is 7.62. The molecular weight excluding hydrogens is 380 g/mol. The highest BCUT2D eigenvalue weighted by atomic mass is 79.9. The predicted octanol–water partition coefficient (Wildman–Crippen LogP) is 3.17. The average Bonchev–Trinajstić information content (AvgIpc) is 2.95. The molecular formula is C15H19BrN4O4. The number of fused-ring (bicyclic) bond motifs is 1. The highest BCUT2D eigenvalue weighted by Crippen LogP contribution is 2.38. The normalized spacial score (nSPS) is 15.6. The number of anilines is 2. The third-order valence-electron chi connectivity index (χ3n) is 3.43. The molecule has 0 aliphatic carbocycles. The second-order valence-corrected chi connectivity index (χ2v) is 7.30. The Kier molecular flexibility index (Phi) is 4.64. The van der Waals surface area contributed by atoms with Crippen LogP contribution < -0.4 is 10.2 Å². The molecule has 0 bridgehead atoms. The molecule has 0 atom stereocenters. The average molecular weight is 399 g/mol. The zero-order valence-electron chi connectivity index (χ0n) is 13.8. The largest absolute Gasteiger partial charge is 0.444 e. The lowest BCUT2D eigenvalue weighted by Gasteiger charge is -2.29. The molecule has 130 valence electrons. The van der Waals surface area contributed by atoms with Crippen molar-refractivity contribution in [1.29, 1.82) is 0 Å². The molecule has 1 amide bonds. The summed E-state index contributed by atoms with van der Waals surface area (Å²) in [7, 11) is 0. The van der Waals surface area contributed by atoms with E-state index in [-0.39, 0.29) is 0 Å². The summed E-state index contributed by atoms with van der Waals surface area (Å²) >= 11 is 3.56. The summed E-state index contributed by atoms with van der Waals surface area (Å²) in [6.45, 7) is 8.21. The molecule has 0 radical (unpaired) electrons. The summed E-state index contributed by atoms with van der Waals surface area (Å²) in [6, 6.07) is 1.78. The van der Waals surface area contributed by atoms with Gasteiger partial charge in [0.15, 0.2) is 11.0 Å². The van der Waals surface area contributed by atoms with E-state index in [9.17, 15) is 4.79 Å². The van der Waals surface area contributed by atoms with Crippen molar-refractivity contribution in [3.8, 4) is 0 Å². The molecule has 1 N–H and O–H groups in total. The number of hydrogen-bond donors (Lipinski definition) is 1. The van der Waals surface area contributed by atoms with Crippen LogP contribution in [0, 0.1) is 0 Å². The number of carbonyl (C=O) groups is 1. The lowest BCUT2D eigenvalue weighted by molar-refractivity contribution is 0.0636. The fourth-order valence-corrected chi connectivity index (χ4v) is 3.16. The van der Waals surface area contributed by atoms with Gasteiger partial charge >= 0.3 is 6.09 Å². The summed E-state index contributed by atoms with van der Waals surface area (Å²) < 4.78 is 16.4. The molecule has 0 spiro atoms. The van der Waals surface area contributed by atoms with Crippen LogP contribution in [0.1, 0.15) is 20.8 Å². The molecule has 1 saturated heterocycles. The molecule has 1 aromatic carbocycles. The van der Waals surface area contributed by atoms with Gasteiger partial charge < -0.3 is 14.4 Å². The summed E-state index contributed by atoms with van der Waals surface area (Å²) in [5.41, 5.74) is 1.83. The molecule has 1 fully saturated rings. The first kappa shape index (κ1) is 17.0. The van der Waals surface area contributed by atoms with E-state index in [1.165, 1.54) is 0 Å². The van der Waals surface area contributed by atoms with Crippen molar-refractivity contribution >= 4 is 44.4 Å². The lowest BCUT2D eigenvalue weighted by atomic mass is 10.2. The molecule has 0 saturated carbocycles. The van der Waals surface area contributed by atoms with E-state index < -0.39 is 11.7 Å². The summed E-state index contributed by atoms with van der Waals surface area (Å²) in [6.07, 6.45) is -0.558. The van der Waals surface area contributed by atoms with E-state index in [4.69, 9.17) is 14.1 Å². The maximum Gasteiger partial charge on any atom is 0.412 e. The number of nitrogens with zero attached hydrogens (tertiary/aromatic N) is 3. The maximum absolute atomic E-state index is 12.0. The van der Waals surface area contributed by atoms with Gasteiger partial charge in [0, 0.05) is 17.6 Å². The summed E-state index contributed by atoms with van der Waals surface area (Å²) in [5.74, 6) is 0. The Bertz CT molecular complexity index is 750. The van der Waals surface area contributed by atoms with Crippen LogP contribution in [0.5, 0.6) is 0 Å². The monoisotopic (exact) mass is 398 g/mol. The third-order valence-corrected chi connectivity index (χ3v) is 4.03. The number of halogens is 1. The highest BCUT2D eigenvalue weighted by Gasteiger charge is 2.24. The molecule has 24 heavy (non-hydrogen) atoms. The highest BCUT2D eigenvalue weighted by molar-refractivity contribution is 9.10. The Morgan fingerprint density at radius 3 is 2.62 bits per heavy atom. The minimum atomic E-state index is -0.587. The van der Waals surface area contributed by atoms with Crippen molar-refractivity contribution in [3.05, 3.63) is 10.5 Å². The van der Waals surface area contributed by atoms with Crippen molar-refractivity contribution < 1.29 is 18.9 Å². The van der Waals surface area contributed by atoms with E-state index in [1.807, 2.05) is 0 Å². The van der Waals surface area contributed by atoms with E-state index in [0.29, 0.717) is 29.9 Å². The second-order valence-electron chi connectivity index (χ2n) is 6.44. The topological polar surface area (TPSA) is 89.7 Å². The quantitative estimate of drug-likeness (QED) is 0.830. The van der Waals surface area contributed by atoms with Gasteiger partial charge in [-0.25, -0.2) is 9.42 Å². The van der Waals surface area contributed by atoms with Crippen LogP contribution in [0.15, 0.2) is 15.2 Å². The van der Waals surface area contributed by atoms with Crippen LogP contribution in [0.3, 0.4) is 0 Å². The predicted molar refractivity (Wildman–Crippen MR) is 92.4 cm³/mol. The molecule has 2 heterocycles. The van der Waals surface area contributed by atoms with Crippen LogP contribution in [0.25, 0.3) is 11.0 Å². The van der Waals surface area contributed by atoms with Gasteiger partial charge in [-0.1, -0.05) is 0 Å². The summed E-state index contributed by atoms with van der Waals surface area (Å²) in [5, 5.41) is 10.6. The Balaban J connectivity index is 1.94. The van der Waals surface area contributed by atoms with Gasteiger partial charge in [-0.15, -0.1) is 0 Å². The summed E-state index contributed by atoms with van der Waals surface area (Å²) in [4.78, 5) is 14.2. The number of hydrogen-bond acceptors (Lipinski definition) is 7. The molecule has 1 aliphatic heterocycles. The van der Waals surface area contributed by atoms with E-state index in [1.54, 1.807) is 26.8 Å². The van der Waals surface area contributed by atoms with Crippen molar-refractivity contribution in [3.63, 3.8) is 0 Å². The first-order chi connectivity index (χ1) is 11.3. The first-order valence-corrected chi connectivity index (χ1v) is 8.42. The van der Waals surface area contributed by atoms with Crippen LogP contribution >= 0.6 is 15.9 Å². The fraction of sp³-hybridized carbons (Fsp3) is 0.533. The number of aromatic nitrogens is 2. The van der Waals surface area contributed by atoms with Gasteiger partial charge in [0.05, 0.1) is 24.6 Å². The minimum absolute atomic E-state index is 0.476. The number of morpholine rings is 1. The number of benzene rings is 1. The van der Waals surface area contributed by atoms with Crippen LogP contribution in [-0.2, 0) is 9.47 Å². The SMILES string of the molecule is CC(C)(C)OC(=O)Nc1cc(Br)c(N2CCOCC2)c2nonc12. The van der Waals surface area contributed by atoms with E-state index in [2.05, 4.69) is 36.5 Å². The molecule has 0 unspecified atom stereocenters. The van der Waals surface area contributed by atoms with Gasteiger partial charge in [-0.3, -0.25) is 5.32 Å². The molecule has 9 heteroatoms. The molecule has 3 rings (SSSR count). The van der Waals surface area contributed by atoms with Crippen molar-refractivity contribution in [2.75, 3.05) is 36.5 Å². The molecule has 2 aromatic rings. The zero-order valence-corrected chi connectivity index (χ0v) is 15.3. The standard InChI is InChI=1S/C15H19BrN4O4/c1-15(2,3)23-14(21)17-10-8-9(16)13(12-11(10)18-24-19-12)20-4-6-22-7-5-20/h8H,4-7H2,1-3H3,(H,17,21). The van der Waals surface area contributed by atoms with Gasteiger partial charge in [0.25, 0.3) is 0 Å². The van der Waals surface area contributed by atoms with E-state index in [0.717, 1.165) is 23.2 Å². The third kappa shape index (κ3) is 3.62. The minimum Gasteiger partial charge on any atom is -0.444 e. The van der Waals surface area contributed by atoms with Crippen LogP contribution in [0.4, 0.5) is 16.2 Å². The Labute approximate surface area is 147 Å². The van der Waals surface area contributed by atoms with E-state index >= 15 is 0 Å². The number of rotatable bonds is 2. The van der Waals surface area contributed by atoms with Crippen molar-refractivity contribution in [1.82, 2.24) is 10.3 Å². The smallest absolute Gasteiger partial charge is 0.412 e. The van der Waals surface area contributed by atoms with Gasteiger partial charge in [0.2, 0.25) is 0 Å². The fourth-order valence-electron chi connectivity index (χ4n) is 2.49. The van der Waals surface area contributed by atoms with Crippen LogP contribution in [-0.4, -0.2) is 48.3 Å². The van der Waals surface area contributed by atoms with Crippen molar-refractivity contribution in [2.45, 2.75) is 26.4 Å². The second kappa shape index (κ2) is 6.56. The number of amides is 1. The van der Waals surface area contributed by atoms with Gasteiger partial charge in [0.1, 0.15) is 5.60 Å². The van der Waals surface area contributed by atoms with Crippen molar-refractivity contribution in [2.24, 2.45) is 0 Å². The number of nitrogens with one attached hydrogen (secondary N) is 1. The molecule has 1 aliphatic rings. The van der Waals surface area contributed by atoms with Crippen LogP contribution in [0.2, 0.25) is 0 Å².